The lowest BCUT2D eigenvalue weighted by Crippen LogP contribution is -2.29. The largest absolute Gasteiger partial charge is 0.508 e. The van der Waals surface area contributed by atoms with Crippen LogP contribution >= 0.6 is 0 Å². The molecule has 3 N–H and O–H groups in total. The van der Waals surface area contributed by atoms with E-state index in [4.69, 9.17) is 0 Å². The van der Waals surface area contributed by atoms with Crippen molar-refractivity contribution in [2.75, 3.05) is 5.43 Å². The molecule has 0 aliphatic rings. The monoisotopic (exact) mass is 370 g/mol. The summed E-state index contributed by atoms with van der Waals surface area (Å²) < 4.78 is 3.05. The summed E-state index contributed by atoms with van der Waals surface area (Å²) in [6.45, 7) is 4.45. The molecule has 2 heterocycles. The molecule has 142 valence electrons. The molecule has 0 saturated carbocycles. The first-order valence-electron chi connectivity index (χ1n) is 8.71. The number of phenolic OH excluding ortho intramolecular Hbond substituents is 1. The van der Waals surface area contributed by atoms with Crippen LogP contribution in [0.5, 0.6) is 5.75 Å². The maximum Gasteiger partial charge on any atom is 0.329 e. The Bertz CT molecular complexity index is 1110. The van der Waals surface area contributed by atoms with Gasteiger partial charge in [0.2, 0.25) is 5.95 Å². The molecule has 27 heavy (non-hydrogen) atoms. The van der Waals surface area contributed by atoms with E-state index in [2.05, 4.69) is 27.4 Å². The van der Waals surface area contributed by atoms with E-state index < -0.39 is 11.2 Å². The highest BCUT2D eigenvalue weighted by atomic mass is 16.3. The number of imidazole rings is 1. The molecule has 0 bridgehead atoms. The van der Waals surface area contributed by atoms with Crippen LogP contribution in [0.25, 0.3) is 11.2 Å². The number of anilines is 1. The van der Waals surface area contributed by atoms with Gasteiger partial charge in [0, 0.05) is 13.6 Å². The number of H-pyrrole nitrogens is 1. The summed E-state index contributed by atoms with van der Waals surface area (Å²) in [4.78, 5) is 30.9. The maximum absolute atomic E-state index is 12.3. The number of hydrogen-bond donors (Lipinski definition) is 3. The molecule has 0 atom stereocenters. The van der Waals surface area contributed by atoms with Crippen molar-refractivity contribution < 1.29 is 5.11 Å². The molecule has 3 aromatic rings. The second kappa shape index (κ2) is 7.48. The van der Waals surface area contributed by atoms with Crippen LogP contribution in [0.3, 0.4) is 0 Å². The van der Waals surface area contributed by atoms with Crippen molar-refractivity contribution in [3.05, 3.63) is 50.7 Å². The van der Waals surface area contributed by atoms with E-state index in [0.717, 1.165) is 18.4 Å². The molecule has 2 aromatic heterocycles. The van der Waals surface area contributed by atoms with Crippen LogP contribution in [0.4, 0.5) is 5.95 Å². The van der Waals surface area contributed by atoms with Crippen molar-refractivity contribution >= 4 is 22.8 Å². The number of aromatic nitrogens is 4. The van der Waals surface area contributed by atoms with Crippen molar-refractivity contribution in [3.63, 3.8) is 0 Å². The number of benzene rings is 1. The van der Waals surface area contributed by atoms with E-state index in [1.165, 1.54) is 4.57 Å². The predicted octanol–water partition coefficient (Wildman–Crippen LogP) is 1.77. The van der Waals surface area contributed by atoms with Gasteiger partial charge in [0.25, 0.3) is 5.56 Å². The summed E-state index contributed by atoms with van der Waals surface area (Å²) in [6, 6.07) is 6.68. The highest BCUT2D eigenvalue weighted by molar-refractivity contribution is 5.99. The number of hydrazone groups is 1. The van der Waals surface area contributed by atoms with Crippen LogP contribution in [0.1, 0.15) is 32.3 Å². The number of nitrogens with zero attached hydrogens (tertiary/aromatic N) is 4. The molecule has 0 fully saturated rings. The van der Waals surface area contributed by atoms with Gasteiger partial charge >= 0.3 is 5.69 Å². The first-order chi connectivity index (χ1) is 12.9. The van der Waals surface area contributed by atoms with E-state index in [-0.39, 0.29) is 5.75 Å². The van der Waals surface area contributed by atoms with Gasteiger partial charge in [-0.15, -0.1) is 0 Å². The Labute approximate surface area is 155 Å². The van der Waals surface area contributed by atoms with E-state index in [0.29, 0.717) is 29.4 Å². The zero-order chi connectivity index (χ0) is 19.6. The molecule has 0 aliphatic carbocycles. The molecule has 3 rings (SSSR count). The third-order valence-corrected chi connectivity index (χ3v) is 4.35. The molecule has 9 nitrogen and oxygen atoms in total. The van der Waals surface area contributed by atoms with Crippen LogP contribution in [0, 0.1) is 0 Å². The third kappa shape index (κ3) is 3.62. The number of unbranched alkanes of at least 4 members (excludes halogenated alkanes) is 1. The number of phenols is 1. The fourth-order valence-electron chi connectivity index (χ4n) is 2.75. The van der Waals surface area contributed by atoms with Crippen LogP contribution in [-0.4, -0.2) is 29.9 Å². The molecule has 9 heteroatoms. The van der Waals surface area contributed by atoms with E-state index in [9.17, 15) is 14.7 Å². The molecule has 0 spiro atoms. The Balaban J connectivity index is 2.05. The highest BCUT2D eigenvalue weighted by Gasteiger charge is 2.16. The van der Waals surface area contributed by atoms with Gasteiger partial charge in [-0.3, -0.25) is 14.3 Å². The molecule has 0 amide bonds. The molecular formula is C18H22N6O3. The SMILES string of the molecule is CCCCn1c(N/N=C(/C)c2ccc(O)cc2)nc2c1c(=O)[nH]c(=O)n2C. The molecule has 0 aliphatic heterocycles. The summed E-state index contributed by atoms with van der Waals surface area (Å²) in [7, 11) is 1.56. The van der Waals surface area contributed by atoms with Gasteiger partial charge in [-0.05, 0) is 43.2 Å². The lowest BCUT2D eigenvalue weighted by molar-refractivity contribution is 0.475. The molecule has 0 unspecified atom stereocenters. The molecular weight excluding hydrogens is 348 g/mol. The van der Waals surface area contributed by atoms with Gasteiger partial charge in [0.1, 0.15) is 5.75 Å². The third-order valence-electron chi connectivity index (χ3n) is 4.35. The smallest absolute Gasteiger partial charge is 0.329 e. The van der Waals surface area contributed by atoms with Crippen LogP contribution in [0.15, 0.2) is 39.0 Å². The van der Waals surface area contributed by atoms with Gasteiger partial charge in [0.05, 0.1) is 5.71 Å². The number of nitrogens with one attached hydrogen (secondary N) is 2. The average molecular weight is 370 g/mol. The number of hydrogen-bond acceptors (Lipinski definition) is 6. The fraction of sp³-hybridized carbons (Fsp3) is 0.333. The predicted molar refractivity (Wildman–Crippen MR) is 104 cm³/mol. The van der Waals surface area contributed by atoms with Crippen LogP contribution in [0.2, 0.25) is 0 Å². The summed E-state index contributed by atoms with van der Waals surface area (Å²) in [5, 5.41) is 13.7. The van der Waals surface area contributed by atoms with Gasteiger partial charge in [0.15, 0.2) is 11.2 Å². The Kier molecular flexibility index (Phi) is 5.11. The summed E-state index contributed by atoms with van der Waals surface area (Å²) in [5.41, 5.74) is 4.09. The van der Waals surface area contributed by atoms with E-state index in [1.807, 2.05) is 6.92 Å². The quantitative estimate of drug-likeness (QED) is 0.451. The topological polar surface area (TPSA) is 117 Å². The zero-order valence-electron chi connectivity index (χ0n) is 15.5. The van der Waals surface area contributed by atoms with Gasteiger partial charge in [-0.25, -0.2) is 10.2 Å². The van der Waals surface area contributed by atoms with Crippen molar-refractivity contribution in [1.82, 2.24) is 19.1 Å². The summed E-state index contributed by atoms with van der Waals surface area (Å²) in [6.07, 6.45) is 1.79. The van der Waals surface area contributed by atoms with Crippen molar-refractivity contribution in [1.29, 1.82) is 0 Å². The standard InChI is InChI=1S/C18H22N6O3/c1-4-5-10-24-14-15(23(3)18(27)20-16(14)26)19-17(24)22-21-11(2)12-6-8-13(25)9-7-12/h6-9,25H,4-5,10H2,1-3H3,(H,19,22)(H,20,26,27)/b21-11-. The molecule has 0 saturated heterocycles. The zero-order valence-corrected chi connectivity index (χ0v) is 15.5. The Morgan fingerprint density at radius 3 is 2.67 bits per heavy atom. The number of aryl methyl sites for hydroxylation is 2. The summed E-state index contributed by atoms with van der Waals surface area (Å²) >= 11 is 0. The minimum Gasteiger partial charge on any atom is -0.508 e. The second-order valence-electron chi connectivity index (χ2n) is 6.29. The number of rotatable bonds is 6. The molecule has 0 radical (unpaired) electrons. The van der Waals surface area contributed by atoms with Gasteiger partial charge in [-0.2, -0.15) is 10.1 Å². The average Bonchev–Trinajstić information content (AvgIpc) is 3.02. The minimum absolute atomic E-state index is 0.181. The molecule has 1 aromatic carbocycles. The second-order valence-corrected chi connectivity index (χ2v) is 6.29. The Morgan fingerprint density at radius 1 is 1.30 bits per heavy atom. The van der Waals surface area contributed by atoms with Crippen molar-refractivity contribution in [2.24, 2.45) is 12.1 Å². The highest BCUT2D eigenvalue weighted by Crippen LogP contribution is 2.17. The van der Waals surface area contributed by atoms with Crippen LogP contribution < -0.4 is 16.7 Å². The lowest BCUT2D eigenvalue weighted by Gasteiger charge is -2.08. The van der Waals surface area contributed by atoms with Crippen molar-refractivity contribution in [3.8, 4) is 5.75 Å². The van der Waals surface area contributed by atoms with E-state index >= 15 is 0 Å². The van der Waals surface area contributed by atoms with Crippen molar-refractivity contribution in [2.45, 2.75) is 33.2 Å². The number of aromatic amines is 1. The van der Waals surface area contributed by atoms with E-state index in [1.54, 1.807) is 35.9 Å². The normalized spacial score (nSPS) is 11.9. The minimum atomic E-state index is -0.511. The summed E-state index contributed by atoms with van der Waals surface area (Å²) in [5.74, 6) is 0.573. The lowest BCUT2D eigenvalue weighted by atomic mass is 10.1. The number of fused-ring (bicyclic) bond motifs is 1. The first kappa shape index (κ1) is 18.4. The Morgan fingerprint density at radius 2 is 2.00 bits per heavy atom. The van der Waals surface area contributed by atoms with Crippen LogP contribution in [-0.2, 0) is 13.6 Å². The number of aromatic hydroxyl groups is 1. The first-order valence-corrected chi connectivity index (χ1v) is 8.71. The van der Waals surface area contributed by atoms with Gasteiger partial charge < -0.3 is 9.67 Å². The fourth-order valence-corrected chi connectivity index (χ4v) is 2.75. The maximum atomic E-state index is 12.3. The Hall–Kier alpha value is -3.36. The van der Waals surface area contributed by atoms with Gasteiger partial charge in [-0.1, -0.05) is 13.3 Å².